The Labute approximate surface area is 157 Å². The Balaban J connectivity index is 0.00000169. The molecule has 3 aliphatic rings. The summed E-state index contributed by atoms with van der Waals surface area (Å²) < 4.78 is 6.97. The monoisotopic (exact) mass is 414 g/mol. The summed E-state index contributed by atoms with van der Waals surface area (Å²) >= 11 is 3.46. The number of hydrogen-bond donors (Lipinski definition) is 1. The van der Waals surface area contributed by atoms with E-state index in [1.165, 1.54) is 0 Å². The van der Waals surface area contributed by atoms with Crippen molar-refractivity contribution in [3.8, 4) is 0 Å². The van der Waals surface area contributed by atoms with Crippen LogP contribution in [0.3, 0.4) is 0 Å². The van der Waals surface area contributed by atoms with Crippen molar-refractivity contribution in [2.45, 2.75) is 25.4 Å². The minimum absolute atomic E-state index is 0. The highest BCUT2D eigenvalue weighted by atomic mass is 79.9. The molecule has 2 saturated heterocycles. The van der Waals surface area contributed by atoms with Gasteiger partial charge in [-0.3, -0.25) is 4.79 Å². The van der Waals surface area contributed by atoms with Gasteiger partial charge in [0.2, 0.25) is 5.91 Å². The number of piperidine rings is 1. The van der Waals surface area contributed by atoms with Gasteiger partial charge in [0.1, 0.15) is 6.10 Å². The second-order valence-electron chi connectivity index (χ2n) is 7.06. The highest BCUT2D eigenvalue weighted by Gasteiger charge is 2.58. The third-order valence-electron chi connectivity index (χ3n) is 5.71. The number of nitrogens with one attached hydrogen (secondary N) is 1. The fourth-order valence-corrected chi connectivity index (χ4v) is 4.39. The molecule has 2 atom stereocenters. The standard InChI is InChI=1S/C18H23BrN2O2.ClH/c19-14-3-1-13(2-4-14)16-12-21(9-10-23-16)17(22)15-11-18(15)5-7-20-8-6-18;/h1-4,15-16,20H,5-12H2;1H. The Morgan fingerprint density at radius 2 is 1.96 bits per heavy atom. The summed E-state index contributed by atoms with van der Waals surface area (Å²) in [6, 6.07) is 8.22. The van der Waals surface area contributed by atoms with Gasteiger partial charge < -0.3 is 15.0 Å². The van der Waals surface area contributed by atoms with Gasteiger partial charge in [0.05, 0.1) is 13.2 Å². The van der Waals surface area contributed by atoms with Crippen molar-refractivity contribution in [2.24, 2.45) is 11.3 Å². The molecule has 1 saturated carbocycles. The van der Waals surface area contributed by atoms with E-state index < -0.39 is 0 Å². The van der Waals surface area contributed by atoms with Crippen molar-refractivity contribution >= 4 is 34.2 Å². The van der Waals surface area contributed by atoms with Crippen LogP contribution in [0.15, 0.2) is 28.7 Å². The number of carbonyl (C=O) groups is 1. The third-order valence-corrected chi connectivity index (χ3v) is 6.24. The quantitative estimate of drug-likeness (QED) is 0.807. The zero-order chi connectivity index (χ0) is 15.9. The van der Waals surface area contributed by atoms with Gasteiger partial charge in [0.15, 0.2) is 0 Å². The van der Waals surface area contributed by atoms with Crippen LogP contribution in [0.2, 0.25) is 0 Å². The lowest BCUT2D eigenvalue weighted by atomic mass is 9.91. The van der Waals surface area contributed by atoms with Crippen LogP contribution in [0.4, 0.5) is 0 Å². The average Bonchev–Trinajstić information content (AvgIpc) is 3.28. The molecule has 132 valence electrons. The van der Waals surface area contributed by atoms with Crippen molar-refractivity contribution < 1.29 is 9.53 Å². The first-order valence-electron chi connectivity index (χ1n) is 8.55. The van der Waals surface area contributed by atoms with Crippen LogP contribution < -0.4 is 5.32 Å². The summed E-state index contributed by atoms with van der Waals surface area (Å²) in [4.78, 5) is 14.9. The van der Waals surface area contributed by atoms with Crippen LogP contribution in [0.5, 0.6) is 0 Å². The molecule has 4 nitrogen and oxygen atoms in total. The van der Waals surface area contributed by atoms with Gasteiger partial charge in [-0.05, 0) is 55.5 Å². The number of amides is 1. The van der Waals surface area contributed by atoms with E-state index in [-0.39, 0.29) is 24.4 Å². The van der Waals surface area contributed by atoms with Crippen molar-refractivity contribution in [3.63, 3.8) is 0 Å². The van der Waals surface area contributed by atoms with Crippen molar-refractivity contribution in [1.82, 2.24) is 10.2 Å². The second kappa shape index (κ2) is 7.32. The Kier molecular flexibility index (Phi) is 5.55. The van der Waals surface area contributed by atoms with E-state index in [0.29, 0.717) is 24.5 Å². The van der Waals surface area contributed by atoms with Gasteiger partial charge in [-0.1, -0.05) is 28.1 Å². The normalized spacial score (nSPS) is 28.3. The Bertz CT molecular complexity index is 589. The average molecular weight is 416 g/mol. The molecule has 2 aliphatic heterocycles. The minimum atomic E-state index is 0. The summed E-state index contributed by atoms with van der Waals surface area (Å²) in [5.74, 6) is 0.616. The molecule has 1 N–H and O–H groups in total. The third kappa shape index (κ3) is 3.50. The Hall–Kier alpha value is -0.620. The van der Waals surface area contributed by atoms with Crippen LogP contribution in [-0.2, 0) is 9.53 Å². The van der Waals surface area contributed by atoms with E-state index in [1.54, 1.807) is 0 Å². The summed E-state index contributed by atoms with van der Waals surface area (Å²) in [6.45, 7) is 4.18. The molecule has 6 heteroatoms. The lowest BCUT2D eigenvalue weighted by Crippen LogP contribution is -2.44. The van der Waals surface area contributed by atoms with E-state index in [1.807, 2.05) is 17.0 Å². The fourth-order valence-electron chi connectivity index (χ4n) is 4.12. The van der Waals surface area contributed by atoms with Crippen LogP contribution in [0.1, 0.15) is 30.9 Å². The van der Waals surface area contributed by atoms with Crippen molar-refractivity contribution in [3.05, 3.63) is 34.3 Å². The molecule has 1 aromatic carbocycles. The molecule has 0 radical (unpaired) electrons. The summed E-state index contributed by atoms with van der Waals surface area (Å²) in [5.41, 5.74) is 1.46. The number of carbonyl (C=O) groups excluding carboxylic acids is 1. The molecule has 0 bridgehead atoms. The van der Waals surface area contributed by atoms with Gasteiger partial charge in [0.25, 0.3) is 0 Å². The van der Waals surface area contributed by atoms with Gasteiger partial charge in [-0.25, -0.2) is 0 Å². The Morgan fingerprint density at radius 3 is 2.67 bits per heavy atom. The van der Waals surface area contributed by atoms with Crippen molar-refractivity contribution in [2.75, 3.05) is 32.8 Å². The summed E-state index contributed by atoms with van der Waals surface area (Å²) in [7, 11) is 0. The lowest BCUT2D eigenvalue weighted by molar-refractivity contribution is -0.141. The molecule has 1 amide bonds. The molecule has 3 fully saturated rings. The molecule has 1 spiro atoms. The van der Waals surface area contributed by atoms with Gasteiger partial charge in [0, 0.05) is 16.9 Å². The number of nitrogens with zero attached hydrogens (tertiary/aromatic N) is 1. The molecule has 2 heterocycles. The Morgan fingerprint density at radius 1 is 1.25 bits per heavy atom. The maximum absolute atomic E-state index is 12.9. The molecule has 24 heavy (non-hydrogen) atoms. The summed E-state index contributed by atoms with van der Waals surface area (Å²) in [5, 5.41) is 3.40. The number of hydrogen-bond acceptors (Lipinski definition) is 3. The van der Waals surface area contributed by atoms with Crippen LogP contribution in [0.25, 0.3) is 0 Å². The van der Waals surface area contributed by atoms with E-state index in [2.05, 4.69) is 33.4 Å². The molecule has 1 aliphatic carbocycles. The van der Waals surface area contributed by atoms with E-state index in [4.69, 9.17) is 4.74 Å². The number of halogens is 2. The maximum Gasteiger partial charge on any atom is 0.226 e. The van der Waals surface area contributed by atoms with E-state index >= 15 is 0 Å². The van der Waals surface area contributed by atoms with Gasteiger partial charge in [-0.2, -0.15) is 0 Å². The van der Waals surface area contributed by atoms with Crippen LogP contribution in [-0.4, -0.2) is 43.6 Å². The van der Waals surface area contributed by atoms with Gasteiger partial charge in [-0.15, -0.1) is 12.4 Å². The molecule has 0 aromatic heterocycles. The molecule has 4 rings (SSSR count). The smallest absolute Gasteiger partial charge is 0.226 e. The first-order chi connectivity index (χ1) is 11.2. The number of ether oxygens (including phenoxy) is 1. The predicted octanol–water partition coefficient (Wildman–Crippen LogP) is 3.16. The fraction of sp³-hybridized carbons (Fsp3) is 0.611. The second-order valence-corrected chi connectivity index (χ2v) is 7.98. The topological polar surface area (TPSA) is 41.6 Å². The van der Waals surface area contributed by atoms with E-state index in [9.17, 15) is 4.79 Å². The number of benzene rings is 1. The molecular weight excluding hydrogens is 392 g/mol. The first-order valence-corrected chi connectivity index (χ1v) is 9.34. The number of rotatable bonds is 2. The predicted molar refractivity (Wildman–Crippen MR) is 99.3 cm³/mol. The van der Waals surface area contributed by atoms with Crippen LogP contribution >= 0.6 is 28.3 Å². The lowest BCUT2D eigenvalue weighted by Gasteiger charge is -2.34. The molecule has 1 aromatic rings. The van der Waals surface area contributed by atoms with Crippen LogP contribution in [0, 0.1) is 11.3 Å². The first kappa shape index (κ1) is 18.2. The summed E-state index contributed by atoms with van der Waals surface area (Å²) in [6.07, 6.45) is 3.41. The maximum atomic E-state index is 12.9. The largest absolute Gasteiger partial charge is 0.370 e. The SMILES string of the molecule is Cl.O=C(C1CC12CCNCC2)N1CCOC(c2ccc(Br)cc2)C1. The highest BCUT2D eigenvalue weighted by Crippen LogP contribution is 2.59. The minimum Gasteiger partial charge on any atom is -0.370 e. The highest BCUT2D eigenvalue weighted by molar-refractivity contribution is 9.10. The molecular formula is C18H24BrClN2O2. The molecule has 2 unspecified atom stereocenters. The van der Waals surface area contributed by atoms with E-state index in [0.717, 1.165) is 48.9 Å². The van der Waals surface area contributed by atoms with Gasteiger partial charge >= 0.3 is 0 Å². The zero-order valence-electron chi connectivity index (χ0n) is 13.7. The number of morpholine rings is 1. The van der Waals surface area contributed by atoms with Crippen molar-refractivity contribution in [1.29, 1.82) is 0 Å². The zero-order valence-corrected chi connectivity index (χ0v) is 16.1.